The molecule has 1 aliphatic rings. The van der Waals surface area contributed by atoms with E-state index >= 15 is 0 Å². The Morgan fingerprint density at radius 1 is 1.33 bits per heavy atom. The van der Waals surface area contributed by atoms with Gasteiger partial charge in [-0.15, -0.1) is 0 Å². The number of aromatic nitrogens is 2. The molecule has 0 aliphatic heterocycles. The van der Waals surface area contributed by atoms with Gasteiger partial charge in [-0.05, 0) is 25.7 Å². The highest BCUT2D eigenvalue weighted by molar-refractivity contribution is 5.47. The fraction of sp³-hybridized carbons (Fsp3) is 0.714. The summed E-state index contributed by atoms with van der Waals surface area (Å²) >= 11 is 0. The van der Waals surface area contributed by atoms with Crippen LogP contribution in [0, 0.1) is 5.92 Å². The van der Waals surface area contributed by atoms with Crippen molar-refractivity contribution in [2.45, 2.75) is 52.0 Å². The van der Waals surface area contributed by atoms with Crippen LogP contribution < -0.4 is 10.6 Å². The third-order valence-electron chi connectivity index (χ3n) is 3.28. The number of hydrogen-bond donors (Lipinski definition) is 2. The molecule has 0 spiro atoms. The number of nitrogens with one attached hydrogen (secondary N) is 2. The number of anilines is 2. The van der Waals surface area contributed by atoms with E-state index in [2.05, 4.69) is 34.4 Å². The van der Waals surface area contributed by atoms with Crippen LogP contribution in [0.4, 0.5) is 11.6 Å². The molecule has 1 aromatic heterocycles. The Morgan fingerprint density at radius 3 is 2.67 bits per heavy atom. The van der Waals surface area contributed by atoms with Crippen LogP contribution in [0.1, 0.15) is 45.4 Å². The summed E-state index contributed by atoms with van der Waals surface area (Å²) in [5.74, 6) is 3.71. The molecule has 4 nitrogen and oxygen atoms in total. The highest BCUT2D eigenvalue weighted by Gasteiger charge is 2.23. The number of rotatable bonds is 7. The Bertz CT molecular complexity index is 387. The average Bonchev–Trinajstić information content (AvgIpc) is 3.12. The van der Waals surface area contributed by atoms with E-state index < -0.39 is 0 Å². The zero-order valence-electron chi connectivity index (χ0n) is 11.7. The molecule has 1 unspecified atom stereocenters. The minimum atomic E-state index is 0.492. The van der Waals surface area contributed by atoms with Crippen LogP contribution in [0.2, 0.25) is 0 Å². The minimum absolute atomic E-state index is 0.492. The first-order valence-corrected chi connectivity index (χ1v) is 7.03. The third-order valence-corrected chi connectivity index (χ3v) is 3.28. The van der Waals surface area contributed by atoms with E-state index in [9.17, 15) is 0 Å². The van der Waals surface area contributed by atoms with E-state index in [1.165, 1.54) is 19.3 Å². The van der Waals surface area contributed by atoms with E-state index in [1.807, 2.05) is 13.1 Å². The highest BCUT2D eigenvalue weighted by Crippen LogP contribution is 2.34. The summed E-state index contributed by atoms with van der Waals surface area (Å²) in [6.07, 6.45) is 6.06. The van der Waals surface area contributed by atoms with Gasteiger partial charge in [0.1, 0.15) is 17.5 Å². The maximum atomic E-state index is 4.58. The molecular weight excluding hydrogens is 224 g/mol. The van der Waals surface area contributed by atoms with Crippen molar-refractivity contribution in [2.75, 3.05) is 17.7 Å². The Labute approximate surface area is 110 Å². The molecule has 1 aromatic rings. The lowest BCUT2D eigenvalue weighted by atomic mass is 10.1. The lowest BCUT2D eigenvalue weighted by Gasteiger charge is -2.15. The fourth-order valence-electron chi connectivity index (χ4n) is 2.20. The summed E-state index contributed by atoms with van der Waals surface area (Å²) in [4.78, 5) is 9.04. The van der Waals surface area contributed by atoms with Gasteiger partial charge in [0.2, 0.25) is 0 Å². The second-order valence-corrected chi connectivity index (χ2v) is 5.28. The van der Waals surface area contributed by atoms with Gasteiger partial charge in [-0.1, -0.05) is 19.8 Å². The van der Waals surface area contributed by atoms with Crippen LogP contribution in [0.5, 0.6) is 0 Å². The van der Waals surface area contributed by atoms with Gasteiger partial charge in [-0.2, -0.15) is 0 Å². The standard InChI is InChI=1S/C14H24N4/c1-4-5-12-17-13(15-3)9-14(18-12)16-10(2)8-11-6-7-11/h9-11H,4-8H2,1-3H3,(H2,15,16,17,18). The normalized spacial score (nSPS) is 16.4. The third kappa shape index (κ3) is 3.86. The SMILES string of the molecule is CCCc1nc(NC)cc(NC(C)CC2CC2)n1. The van der Waals surface area contributed by atoms with Crippen LogP contribution in [-0.2, 0) is 6.42 Å². The Balaban J connectivity index is 2.02. The van der Waals surface area contributed by atoms with Crippen molar-refractivity contribution in [3.8, 4) is 0 Å². The van der Waals surface area contributed by atoms with Gasteiger partial charge in [0.15, 0.2) is 0 Å². The summed E-state index contributed by atoms with van der Waals surface area (Å²) in [6.45, 7) is 4.39. The Kier molecular flexibility index (Phi) is 4.39. The van der Waals surface area contributed by atoms with E-state index in [0.717, 1.165) is 36.2 Å². The molecule has 1 saturated carbocycles. The fourth-order valence-corrected chi connectivity index (χ4v) is 2.20. The maximum Gasteiger partial charge on any atom is 0.133 e. The molecule has 0 bridgehead atoms. The highest BCUT2D eigenvalue weighted by atomic mass is 15.1. The summed E-state index contributed by atoms with van der Waals surface area (Å²) in [7, 11) is 1.90. The van der Waals surface area contributed by atoms with Crippen LogP contribution in [0.3, 0.4) is 0 Å². The molecule has 100 valence electrons. The maximum absolute atomic E-state index is 4.58. The van der Waals surface area contributed by atoms with Crippen molar-refractivity contribution < 1.29 is 0 Å². The van der Waals surface area contributed by atoms with Crippen LogP contribution >= 0.6 is 0 Å². The van der Waals surface area contributed by atoms with Gasteiger partial charge in [-0.3, -0.25) is 0 Å². The van der Waals surface area contributed by atoms with Crippen molar-refractivity contribution in [1.82, 2.24) is 9.97 Å². The molecular formula is C14H24N4. The van der Waals surface area contributed by atoms with Gasteiger partial charge in [0.05, 0.1) is 0 Å². The molecule has 1 fully saturated rings. The monoisotopic (exact) mass is 248 g/mol. The van der Waals surface area contributed by atoms with Gasteiger partial charge >= 0.3 is 0 Å². The van der Waals surface area contributed by atoms with Gasteiger partial charge < -0.3 is 10.6 Å². The van der Waals surface area contributed by atoms with E-state index in [1.54, 1.807) is 0 Å². The number of aryl methyl sites for hydroxylation is 1. The summed E-state index contributed by atoms with van der Waals surface area (Å²) in [6, 6.07) is 2.48. The second kappa shape index (κ2) is 6.03. The van der Waals surface area contributed by atoms with Crippen LogP contribution in [0.15, 0.2) is 6.07 Å². The summed E-state index contributed by atoms with van der Waals surface area (Å²) in [5, 5.41) is 6.60. The van der Waals surface area contributed by atoms with Gasteiger partial charge in [0.25, 0.3) is 0 Å². The van der Waals surface area contributed by atoms with Gasteiger partial charge in [-0.25, -0.2) is 9.97 Å². The first-order valence-electron chi connectivity index (χ1n) is 7.03. The Morgan fingerprint density at radius 2 is 2.06 bits per heavy atom. The average molecular weight is 248 g/mol. The van der Waals surface area contributed by atoms with Crippen molar-refractivity contribution >= 4 is 11.6 Å². The minimum Gasteiger partial charge on any atom is -0.373 e. The molecule has 1 aliphatic carbocycles. The largest absolute Gasteiger partial charge is 0.373 e. The number of nitrogens with zero attached hydrogens (tertiary/aromatic N) is 2. The molecule has 0 aromatic carbocycles. The van der Waals surface area contributed by atoms with Crippen LogP contribution in [-0.4, -0.2) is 23.1 Å². The molecule has 1 heterocycles. The van der Waals surface area contributed by atoms with Crippen molar-refractivity contribution in [1.29, 1.82) is 0 Å². The molecule has 18 heavy (non-hydrogen) atoms. The van der Waals surface area contributed by atoms with Gasteiger partial charge in [0, 0.05) is 25.6 Å². The van der Waals surface area contributed by atoms with E-state index in [0.29, 0.717) is 6.04 Å². The lowest BCUT2D eigenvalue weighted by Crippen LogP contribution is -2.17. The molecule has 0 amide bonds. The molecule has 0 saturated heterocycles. The topological polar surface area (TPSA) is 49.8 Å². The smallest absolute Gasteiger partial charge is 0.133 e. The second-order valence-electron chi connectivity index (χ2n) is 5.28. The van der Waals surface area contributed by atoms with Crippen molar-refractivity contribution in [2.24, 2.45) is 5.92 Å². The Hall–Kier alpha value is -1.32. The molecule has 2 N–H and O–H groups in total. The molecule has 0 radical (unpaired) electrons. The summed E-state index contributed by atoms with van der Waals surface area (Å²) in [5.41, 5.74) is 0. The van der Waals surface area contributed by atoms with E-state index in [-0.39, 0.29) is 0 Å². The van der Waals surface area contributed by atoms with Crippen molar-refractivity contribution in [3.05, 3.63) is 11.9 Å². The first kappa shape index (κ1) is 13.1. The van der Waals surface area contributed by atoms with Crippen LogP contribution in [0.25, 0.3) is 0 Å². The predicted molar refractivity (Wildman–Crippen MR) is 76.0 cm³/mol. The molecule has 4 heteroatoms. The number of hydrogen-bond acceptors (Lipinski definition) is 4. The first-order chi connectivity index (χ1) is 8.71. The summed E-state index contributed by atoms with van der Waals surface area (Å²) < 4.78 is 0. The quantitative estimate of drug-likeness (QED) is 0.778. The van der Waals surface area contributed by atoms with E-state index in [4.69, 9.17) is 0 Å². The zero-order chi connectivity index (χ0) is 13.0. The predicted octanol–water partition coefficient (Wildman–Crippen LogP) is 3.07. The van der Waals surface area contributed by atoms with Crippen molar-refractivity contribution in [3.63, 3.8) is 0 Å². The zero-order valence-corrected chi connectivity index (χ0v) is 11.7. The molecule has 1 atom stereocenters. The lowest BCUT2D eigenvalue weighted by molar-refractivity contribution is 0.639. The molecule has 2 rings (SSSR count).